The third kappa shape index (κ3) is 3.61. The summed E-state index contributed by atoms with van der Waals surface area (Å²) in [7, 11) is 3.64. The second kappa shape index (κ2) is 7.55. The zero-order chi connectivity index (χ0) is 18.3. The molecule has 0 atom stereocenters. The van der Waals surface area contributed by atoms with Crippen molar-refractivity contribution in [2.45, 2.75) is 39.2 Å². The number of halogens is 1. The standard InChI is InChI=1S/C20H23FN4O.CH4/c1-24(2)20(26)13-3-6-16(7-4-13)25-12-14(10-23-25)18-11-22-19-9-15(21)5-8-17(18)19;/h5,8-13,16,22H,3-4,6-7H2,1-2H3;1H4. The smallest absolute Gasteiger partial charge is 0.225 e. The molecule has 1 N–H and O–H groups in total. The summed E-state index contributed by atoms with van der Waals surface area (Å²) in [6, 6.07) is 5.11. The molecule has 6 heteroatoms. The van der Waals surface area contributed by atoms with Gasteiger partial charge in [-0.05, 0) is 43.9 Å². The number of aromatic amines is 1. The lowest BCUT2D eigenvalue weighted by Gasteiger charge is -2.29. The van der Waals surface area contributed by atoms with E-state index < -0.39 is 0 Å². The van der Waals surface area contributed by atoms with Crippen LogP contribution in [0.25, 0.3) is 22.0 Å². The molecular formula is C21H27FN4O. The van der Waals surface area contributed by atoms with Crippen LogP contribution in [0.4, 0.5) is 4.39 Å². The van der Waals surface area contributed by atoms with E-state index >= 15 is 0 Å². The fourth-order valence-electron chi connectivity index (χ4n) is 3.97. The average Bonchev–Trinajstić information content (AvgIpc) is 3.27. The summed E-state index contributed by atoms with van der Waals surface area (Å²) in [5, 5.41) is 5.55. The van der Waals surface area contributed by atoms with E-state index in [-0.39, 0.29) is 25.1 Å². The summed E-state index contributed by atoms with van der Waals surface area (Å²) >= 11 is 0. The number of benzene rings is 1. The molecule has 1 fully saturated rings. The van der Waals surface area contributed by atoms with Crippen LogP contribution >= 0.6 is 0 Å². The van der Waals surface area contributed by atoms with Crippen molar-refractivity contribution in [2.75, 3.05) is 14.1 Å². The number of rotatable bonds is 3. The Kier molecular flexibility index (Phi) is 5.35. The van der Waals surface area contributed by atoms with Crippen LogP contribution in [0.15, 0.2) is 36.8 Å². The maximum Gasteiger partial charge on any atom is 0.225 e. The molecule has 0 spiro atoms. The van der Waals surface area contributed by atoms with Gasteiger partial charge in [0.05, 0.1) is 12.2 Å². The van der Waals surface area contributed by atoms with Gasteiger partial charge in [-0.15, -0.1) is 0 Å². The van der Waals surface area contributed by atoms with Crippen LogP contribution in [0.2, 0.25) is 0 Å². The molecule has 5 nitrogen and oxygen atoms in total. The number of hydrogen-bond acceptors (Lipinski definition) is 2. The first-order chi connectivity index (χ1) is 12.5. The Morgan fingerprint density at radius 2 is 2.00 bits per heavy atom. The number of fused-ring (bicyclic) bond motifs is 1. The van der Waals surface area contributed by atoms with Crippen molar-refractivity contribution in [3.05, 3.63) is 42.6 Å². The maximum absolute atomic E-state index is 13.4. The van der Waals surface area contributed by atoms with Crippen LogP contribution in [0, 0.1) is 11.7 Å². The highest BCUT2D eigenvalue weighted by molar-refractivity contribution is 5.95. The summed E-state index contributed by atoms with van der Waals surface area (Å²) in [5.74, 6) is 0.126. The Morgan fingerprint density at radius 3 is 2.70 bits per heavy atom. The van der Waals surface area contributed by atoms with E-state index in [2.05, 4.69) is 16.3 Å². The van der Waals surface area contributed by atoms with Crippen molar-refractivity contribution in [1.29, 1.82) is 0 Å². The Hall–Kier alpha value is -2.63. The van der Waals surface area contributed by atoms with E-state index in [0.29, 0.717) is 6.04 Å². The van der Waals surface area contributed by atoms with Crippen LogP contribution < -0.4 is 0 Å². The molecule has 0 bridgehead atoms. The van der Waals surface area contributed by atoms with Gasteiger partial charge in [0.1, 0.15) is 5.82 Å². The first-order valence-corrected chi connectivity index (χ1v) is 9.05. The number of carbonyl (C=O) groups is 1. The molecule has 2 aromatic heterocycles. The molecule has 1 aliphatic carbocycles. The van der Waals surface area contributed by atoms with E-state index in [4.69, 9.17) is 0 Å². The van der Waals surface area contributed by atoms with Crippen LogP contribution in [0.5, 0.6) is 0 Å². The van der Waals surface area contributed by atoms with E-state index in [1.165, 1.54) is 12.1 Å². The van der Waals surface area contributed by atoms with Gasteiger partial charge >= 0.3 is 0 Å². The summed E-state index contributed by atoms with van der Waals surface area (Å²) < 4.78 is 15.4. The monoisotopic (exact) mass is 370 g/mol. The molecule has 0 saturated heterocycles. The molecule has 1 saturated carbocycles. The molecule has 144 valence electrons. The largest absolute Gasteiger partial charge is 0.360 e. The van der Waals surface area contributed by atoms with Crippen LogP contribution in [0.3, 0.4) is 0 Å². The predicted molar refractivity (Wildman–Crippen MR) is 106 cm³/mol. The van der Waals surface area contributed by atoms with Crippen molar-refractivity contribution in [3.8, 4) is 11.1 Å². The van der Waals surface area contributed by atoms with E-state index in [1.807, 2.05) is 31.2 Å². The highest BCUT2D eigenvalue weighted by Crippen LogP contribution is 2.34. The van der Waals surface area contributed by atoms with E-state index in [1.54, 1.807) is 11.0 Å². The topological polar surface area (TPSA) is 53.9 Å². The summed E-state index contributed by atoms with van der Waals surface area (Å²) in [5.41, 5.74) is 2.84. The number of carbonyl (C=O) groups excluding carboxylic acids is 1. The Bertz CT molecular complexity index is 935. The van der Waals surface area contributed by atoms with Crippen LogP contribution in [-0.4, -0.2) is 39.7 Å². The van der Waals surface area contributed by atoms with Gasteiger partial charge in [-0.1, -0.05) is 7.43 Å². The molecule has 0 aliphatic heterocycles. The molecular weight excluding hydrogens is 343 g/mol. The van der Waals surface area contributed by atoms with Crippen molar-refractivity contribution < 1.29 is 9.18 Å². The molecule has 1 aromatic carbocycles. The summed E-state index contributed by atoms with van der Waals surface area (Å²) in [6.07, 6.45) is 9.56. The van der Waals surface area contributed by atoms with Gasteiger partial charge in [-0.2, -0.15) is 5.10 Å². The van der Waals surface area contributed by atoms with Gasteiger partial charge in [0, 0.05) is 54.4 Å². The Balaban J connectivity index is 0.00000210. The van der Waals surface area contributed by atoms with Crippen molar-refractivity contribution in [2.24, 2.45) is 5.92 Å². The van der Waals surface area contributed by atoms with Crippen LogP contribution in [0.1, 0.15) is 39.2 Å². The minimum atomic E-state index is -0.245. The van der Waals surface area contributed by atoms with Gasteiger partial charge in [0.2, 0.25) is 5.91 Å². The zero-order valence-corrected chi connectivity index (χ0v) is 15.1. The zero-order valence-electron chi connectivity index (χ0n) is 15.1. The molecule has 4 rings (SSSR count). The predicted octanol–water partition coefficient (Wildman–Crippen LogP) is 4.63. The third-order valence-electron chi connectivity index (χ3n) is 5.42. The van der Waals surface area contributed by atoms with Crippen molar-refractivity contribution in [3.63, 3.8) is 0 Å². The normalized spacial score (nSPS) is 19.7. The Labute approximate surface area is 159 Å². The van der Waals surface area contributed by atoms with E-state index in [0.717, 1.165) is 47.7 Å². The second-order valence-corrected chi connectivity index (χ2v) is 7.34. The van der Waals surface area contributed by atoms with Gasteiger partial charge in [0.15, 0.2) is 0 Å². The highest BCUT2D eigenvalue weighted by Gasteiger charge is 2.28. The molecule has 1 amide bonds. The number of nitrogens with zero attached hydrogens (tertiary/aromatic N) is 3. The number of hydrogen-bond donors (Lipinski definition) is 1. The summed E-state index contributed by atoms with van der Waals surface area (Å²) in [4.78, 5) is 16.9. The number of aromatic nitrogens is 3. The number of nitrogens with one attached hydrogen (secondary N) is 1. The van der Waals surface area contributed by atoms with Crippen molar-refractivity contribution in [1.82, 2.24) is 19.7 Å². The number of amides is 1. The Morgan fingerprint density at radius 1 is 1.26 bits per heavy atom. The lowest BCUT2D eigenvalue weighted by atomic mass is 9.85. The minimum absolute atomic E-state index is 0. The molecule has 0 unspecified atom stereocenters. The molecule has 3 aromatic rings. The lowest BCUT2D eigenvalue weighted by Crippen LogP contribution is -2.32. The van der Waals surface area contributed by atoms with Crippen LogP contribution in [-0.2, 0) is 4.79 Å². The average molecular weight is 370 g/mol. The SMILES string of the molecule is C.CN(C)C(=O)C1CCC(n2cc(-c3c[nH]c4cc(F)ccc34)cn2)CC1. The maximum atomic E-state index is 13.4. The fraction of sp³-hybridized carbons (Fsp3) is 0.429. The molecule has 27 heavy (non-hydrogen) atoms. The van der Waals surface area contributed by atoms with Gasteiger partial charge in [-0.25, -0.2) is 4.39 Å². The second-order valence-electron chi connectivity index (χ2n) is 7.34. The fourth-order valence-corrected chi connectivity index (χ4v) is 3.97. The quantitative estimate of drug-likeness (QED) is 0.731. The first kappa shape index (κ1) is 19.1. The van der Waals surface area contributed by atoms with E-state index in [9.17, 15) is 9.18 Å². The molecule has 2 heterocycles. The van der Waals surface area contributed by atoms with Crippen molar-refractivity contribution >= 4 is 16.8 Å². The number of H-pyrrole nitrogens is 1. The van der Waals surface area contributed by atoms with Gasteiger partial charge in [0.25, 0.3) is 0 Å². The minimum Gasteiger partial charge on any atom is -0.360 e. The molecule has 0 radical (unpaired) electrons. The first-order valence-electron chi connectivity index (χ1n) is 9.05. The highest BCUT2D eigenvalue weighted by atomic mass is 19.1. The van der Waals surface area contributed by atoms with Gasteiger partial charge in [-0.3, -0.25) is 9.48 Å². The van der Waals surface area contributed by atoms with Gasteiger partial charge < -0.3 is 9.88 Å². The lowest BCUT2D eigenvalue weighted by molar-refractivity contribution is -0.134. The summed E-state index contributed by atoms with van der Waals surface area (Å²) in [6.45, 7) is 0. The third-order valence-corrected chi connectivity index (χ3v) is 5.42. The molecule has 1 aliphatic rings.